The first-order valence-electron chi connectivity index (χ1n) is 6.55. The van der Waals surface area contributed by atoms with Crippen LogP contribution in [0.2, 0.25) is 0 Å². The quantitative estimate of drug-likeness (QED) is 0.744. The predicted molar refractivity (Wildman–Crippen MR) is 71.9 cm³/mol. The van der Waals surface area contributed by atoms with Gasteiger partial charge in [0.2, 0.25) is 0 Å². The molecule has 1 aliphatic rings. The van der Waals surface area contributed by atoms with Gasteiger partial charge in [-0.05, 0) is 19.0 Å². The van der Waals surface area contributed by atoms with E-state index in [1.807, 2.05) is 18.2 Å². The highest BCUT2D eigenvalue weighted by molar-refractivity contribution is 5.32. The van der Waals surface area contributed by atoms with E-state index in [0.717, 1.165) is 45.0 Å². The first-order valence-corrected chi connectivity index (χ1v) is 6.55. The van der Waals surface area contributed by atoms with Gasteiger partial charge in [-0.1, -0.05) is 18.2 Å². The third kappa shape index (κ3) is 3.98. The monoisotopic (exact) mass is 250 g/mol. The summed E-state index contributed by atoms with van der Waals surface area (Å²) >= 11 is 0. The summed E-state index contributed by atoms with van der Waals surface area (Å²) in [6.45, 7) is 4.58. The van der Waals surface area contributed by atoms with E-state index >= 15 is 0 Å². The van der Waals surface area contributed by atoms with Gasteiger partial charge in [-0.3, -0.25) is 0 Å². The summed E-state index contributed by atoms with van der Waals surface area (Å²) in [5.74, 6) is 0.945. The Kier molecular flexibility index (Phi) is 5.45. The Morgan fingerprint density at radius 3 is 3.11 bits per heavy atom. The van der Waals surface area contributed by atoms with E-state index in [4.69, 9.17) is 9.47 Å². The van der Waals surface area contributed by atoms with Gasteiger partial charge in [0.1, 0.15) is 5.75 Å². The van der Waals surface area contributed by atoms with Crippen LogP contribution in [0.15, 0.2) is 24.3 Å². The molecule has 0 aliphatic carbocycles. The van der Waals surface area contributed by atoms with Gasteiger partial charge in [-0.2, -0.15) is 0 Å². The molecular weight excluding hydrogens is 228 g/mol. The number of morpholine rings is 1. The van der Waals surface area contributed by atoms with Crippen LogP contribution < -0.4 is 15.4 Å². The third-order valence-electron chi connectivity index (χ3n) is 3.16. The van der Waals surface area contributed by atoms with Crippen molar-refractivity contribution in [3.05, 3.63) is 29.8 Å². The molecule has 0 aromatic heterocycles. The maximum absolute atomic E-state index is 5.65. The van der Waals surface area contributed by atoms with E-state index in [-0.39, 0.29) is 0 Å². The minimum absolute atomic E-state index is 0.351. The number of ether oxygens (including phenoxy) is 2. The van der Waals surface area contributed by atoms with Crippen molar-refractivity contribution in [3.63, 3.8) is 0 Å². The molecule has 0 bridgehead atoms. The zero-order chi connectivity index (χ0) is 12.6. The fourth-order valence-electron chi connectivity index (χ4n) is 2.14. The smallest absolute Gasteiger partial charge is 0.123 e. The van der Waals surface area contributed by atoms with E-state index in [2.05, 4.69) is 16.7 Å². The molecule has 0 radical (unpaired) electrons. The Morgan fingerprint density at radius 2 is 2.33 bits per heavy atom. The lowest BCUT2D eigenvalue weighted by Crippen LogP contribution is -2.39. The highest BCUT2D eigenvalue weighted by Gasteiger charge is 2.12. The molecule has 1 aromatic rings. The fourth-order valence-corrected chi connectivity index (χ4v) is 2.14. The van der Waals surface area contributed by atoms with E-state index < -0.39 is 0 Å². The van der Waals surface area contributed by atoms with Crippen LogP contribution in [0.1, 0.15) is 12.0 Å². The summed E-state index contributed by atoms with van der Waals surface area (Å²) in [6, 6.07) is 8.10. The summed E-state index contributed by atoms with van der Waals surface area (Å²) < 4.78 is 11.0. The Morgan fingerprint density at radius 1 is 1.44 bits per heavy atom. The second kappa shape index (κ2) is 7.36. The van der Waals surface area contributed by atoms with Crippen molar-refractivity contribution in [2.24, 2.45) is 0 Å². The number of nitrogens with one attached hydrogen (secondary N) is 2. The van der Waals surface area contributed by atoms with Gasteiger partial charge in [-0.25, -0.2) is 0 Å². The molecule has 0 spiro atoms. The second-order valence-electron chi connectivity index (χ2n) is 4.47. The molecule has 1 aromatic carbocycles. The van der Waals surface area contributed by atoms with Gasteiger partial charge in [0.15, 0.2) is 0 Å². The minimum atomic E-state index is 0.351. The van der Waals surface area contributed by atoms with Gasteiger partial charge in [0.25, 0.3) is 0 Å². The lowest BCUT2D eigenvalue weighted by Gasteiger charge is -2.23. The molecule has 1 fully saturated rings. The van der Waals surface area contributed by atoms with Crippen LogP contribution in [0.5, 0.6) is 5.75 Å². The SMILES string of the molecule is COc1ccccc1CNCCC1CNCCO1. The normalized spacial score (nSPS) is 19.7. The van der Waals surface area contributed by atoms with Crippen LogP contribution in [0, 0.1) is 0 Å². The first-order chi connectivity index (χ1) is 8.90. The molecule has 2 rings (SSSR count). The first kappa shape index (κ1) is 13.3. The Balaban J connectivity index is 1.68. The average molecular weight is 250 g/mol. The number of rotatable bonds is 6. The van der Waals surface area contributed by atoms with Gasteiger partial charge in [-0.15, -0.1) is 0 Å². The van der Waals surface area contributed by atoms with Gasteiger partial charge in [0.05, 0.1) is 19.8 Å². The number of hydrogen-bond donors (Lipinski definition) is 2. The lowest BCUT2D eigenvalue weighted by molar-refractivity contribution is 0.0238. The van der Waals surface area contributed by atoms with Crippen molar-refractivity contribution in [1.82, 2.24) is 10.6 Å². The van der Waals surface area contributed by atoms with Crippen LogP contribution in [0.3, 0.4) is 0 Å². The Labute approximate surface area is 109 Å². The molecular formula is C14H22N2O2. The fraction of sp³-hybridized carbons (Fsp3) is 0.571. The number of para-hydroxylation sites is 1. The van der Waals surface area contributed by atoms with Crippen molar-refractivity contribution in [1.29, 1.82) is 0 Å². The molecule has 0 saturated carbocycles. The van der Waals surface area contributed by atoms with Crippen LogP contribution in [-0.2, 0) is 11.3 Å². The van der Waals surface area contributed by atoms with E-state index in [1.165, 1.54) is 5.56 Å². The number of methoxy groups -OCH3 is 1. The maximum Gasteiger partial charge on any atom is 0.123 e. The summed E-state index contributed by atoms with van der Waals surface area (Å²) in [4.78, 5) is 0. The Hall–Kier alpha value is -1.10. The standard InChI is InChI=1S/C14H22N2O2/c1-17-14-5-3-2-4-12(14)10-15-7-6-13-11-16-8-9-18-13/h2-5,13,15-16H,6-11H2,1H3. The molecule has 1 heterocycles. The molecule has 4 nitrogen and oxygen atoms in total. The summed E-state index contributed by atoms with van der Waals surface area (Å²) in [6.07, 6.45) is 1.39. The van der Waals surface area contributed by atoms with Crippen LogP contribution in [0.4, 0.5) is 0 Å². The van der Waals surface area contributed by atoms with E-state index in [1.54, 1.807) is 7.11 Å². The predicted octanol–water partition coefficient (Wildman–Crippen LogP) is 1.16. The van der Waals surface area contributed by atoms with Crippen molar-refractivity contribution >= 4 is 0 Å². The summed E-state index contributed by atoms with van der Waals surface area (Å²) in [5.41, 5.74) is 1.20. The maximum atomic E-state index is 5.65. The van der Waals surface area contributed by atoms with Crippen molar-refractivity contribution in [3.8, 4) is 5.75 Å². The summed E-state index contributed by atoms with van der Waals surface area (Å²) in [5, 5.41) is 6.77. The lowest BCUT2D eigenvalue weighted by atomic mass is 10.2. The van der Waals surface area contributed by atoms with Crippen LogP contribution in [-0.4, -0.2) is 39.5 Å². The zero-order valence-corrected chi connectivity index (χ0v) is 10.9. The van der Waals surface area contributed by atoms with E-state index in [0.29, 0.717) is 6.10 Å². The number of benzene rings is 1. The van der Waals surface area contributed by atoms with Crippen LogP contribution in [0.25, 0.3) is 0 Å². The van der Waals surface area contributed by atoms with Gasteiger partial charge in [0, 0.05) is 25.2 Å². The van der Waals surface area contributed by atoms with Gasteiger partial charge < -0.3 is 20.1 Å². The highest BCUT2D eigenvalue weighted by atomic mass is 16.5. The number of hydrogen-bond acceptors (Lipinski definition) is 4. The van der Waals surface area contributed by atoms with Crippen molar-refractivity contribution in [2.45, 2.75) is 19.1 Å². The summed E-state index contributed by atoms with van der Waals surface area (Å²) in [7, 11) is 1.71. The molecule has 2 N–H and O–H groups in total. The topological polar surface area (TPSA) is 42.5 Å². The molecule has 0 amide bonds. The van der Waals surface area contributed by atoms with Crippen LogP contribution >= 0.6 is 0 Å². The van der Waals surface area contributed by atoms with E-state index in [9.17, 15) is 0 Å². The molecule has 18 heavy (non-hydrogen) atoms. The molecule has 1 unspecified atom stereocenters. The molecule has 1 aliphatic heterocycles. The second-order valence-corrected chi connectivity index (χ2v) is 4.47. The molecule has 100 valence electrons. The largest absolute Gasteiger partial charge is 0.496 e. The minimum Gasteiger partial charge on any atom is -0.496 e. The van der Waals surface area contributed by atoms with Gasteiger partial charge >= 0.3 is 0 Å². The third-order valence-corrected chi connectivity index (χ3v) is 3.16. The average Bonchev–Trinajstić information content (AvgIpc) is 2.45. The molecule has 4 heteroatoms. The molecule has 1 atom stereocenters. The zero-order valence-electron chi connectivity index (χ0n) is 10.9. The van der Waals surface area contributed by atoms with Crippen molar-refractivity contribution < 1.29 is 9.47 Å². The highest BCUT2D eigenvalue weighted by Crippen LogP contribution is 2.16. The molecule has 1 saturated heterocycles. The van der Waals surface area contributed by atoms with Crippen molar-refractivity contribution in [2.75, 3.05) is 33.4 Å². The Bertz CT molecular complexity index is 351.